The van der Waals surface area contributed by atoms with Gasteiger partial charge in [0, 0.05) is 5.71 Å². The molecule has 0 saturated heterocycles. The van der Waals surface area contributed by atoms with Crippen LogP contribution in [0.5, 0.6) is 0 Å². The smallest absolute Gasteiger partial charge is 0.108 e. The summed E-state index contributed by atoms with van der Waals surface area (Å²) in [5.74, 6) is 0. The maximum absolute atomic E-state index is 7.81. The van der Waals surface area contributed by atoms with Crippen LogP contribution >= 0.6 is 0 Å². The predicted octanol–water partition coefficient (Wildman–Crippen LogP) is 8.63. The highest BCUT2D eigenvalue weighted by Gasteiger charge is 2.06. The molecule has 0 aliphatic carbocycles. The van der Waals surface area contributed by atoms with Gasteiger partial charge in [-0.2, -0.15) is 0 Å². The Hall–Kier alpha value is -2.39. The number of hydrogen-bond acceptors (Lipinski definition) is 2. The number of rotatable bonds is 6. The Morgan fingerprint density at radius 3 is 1.70 bits per heavy atom. The maximum Gasteiger partial charge on any atom is 0.108 e. The molecule has 3 heteroatoms. The standard InChI is InChI=1S/C15H22BN.C8H10.C3H9N.C2H6.C2H4/c1-7-8-14(9-11(4)10(2)3)15(12(5)16)13(6)17;1-2-8-6-4-3-5-7-8;1-3-4-2;2*1-2/h7-9,17H,1-6H3;3-7H,2H2,1H3;4H,3H2,1-2H3;1-2H3;1-2H2/b8-7-,14-9+,15-12+,17-13?;;;;. The monoisotopic (exact) mass is 450 g/mol. The van der Waals surface area contributed by atoms with E-state index in [-0.39, 0.29) is 0 Å². The molecule has 1 rings (SSSR count). The molecule has 0 aliphatic heterocycles. The van der Waals surface area contributed by atoms with Crippen molar-refractivity contribution in [1.82, 2.24) is 5.32 Å². The summed E-state index contributed by atoms with van der Waals surface area (Å²) in [7, 11) is 7.80. The van der Waals surface area contributed by atoms with E-state index in [1.165, 1.54) is 16.7 Å². The minimum Gasteiger partial charge on any atom is -0.320 e. The fourth-order valence-corrected chi connectivity index (χ4v) is 2.21. The Labute approximate surface area is 208 Å². The summed E-state index contributed by atoms with van der Waals surface area (Å²) in [6, 6.07) is 10.5. The quantitative estimate of drug-likeness (QED) is 0.193. The lowest BCUT2D eigenvalue weighted by atomic mass is 9.85. The maximum atomic E-state index is 7.81. The topological polar surface area (TPSA) is 35.9 Å². The second-order valence-electron chi connectivity index (χ2n) is 7.01. The van der Waals surface area contributed by atoms with Gasteiger partial charge in [-0.1, -0.05) is 94.3 Å². The van der Waals surface area contributed by atoms with Gasteiger partial charge in [0.25, 0.3) is 0 Å². The van der Waals surface area contributed by atoms with Crippen LogP contribution in [-0.4, -0.2) is 27.2 Å². The zero-order chi connectivity index (χ0) is 26.8. The molecule has 1 aromatic rings. The van der Waals surface area contributed by atoms with Gasteiger partial charge in [0.05, 0.1) is 0 Å². The fraction of sp³-hybridized carbons (Fsp3) is 0.433. The predicted molar refractivity (Wildman–Crippen MR) is 157 cm³/mol. The van der Waals surface area contributed by atoms with Crippen LogP contribution in [0.3, 0.4) is 0 Å². The highest BCUT2D eigenvalue weighted by atomic mass is 14.8. The van der Waals surface area contributed by atoms with Gasteiger partial charge in [0.1, 0.15) is 7.85 Å². The molecule has 0 fully saturated rings. The van der Waals surface area contributed by atoms with Gasteiger partial charge in [-0.3, -0.25) is 0 Å². The Morgan fingerprint density at radius 2 is 1.45 bits per heavy atom. The highest BCUT2D eigenvalue weighted by Crippen LogP contribution is 2.19. The van der Waals surface area contributed by atoms with E-state index in [4.69, 9.17) is 13.3 Å². The first kappa shape index (κ1) is 37.9. The molecule has 1 aromatic carbocycles. The summed E-state index contributed by atoms with van der Waals surface area (Å²) in [6.07, 6.45) is 7.19. The van der Waals surface area contributed by atoms with Crippen LogP contribution < -0.4 is 5.32 Å². The van der Waals surface area contributed by atoms with Crippen LogP contribution in [-0.2, 0) is 6.42 Å². The molecular weight excluding hydrogens is 399 g/mol. The zero-order valence-electron chi connectivity index (χ0n) is 23.5. The normalized spacial score (nSPS) is 10.5. The van der Waals surface area contributed by atoms with Gasteiger partial charge in [-0.15, -0.1) is 18.6 Å². The van der Waals surface area contributed by atoms with E-state index in [0.717, 1.165) is 24.1 Å². The van der Waals surface area contributed by atoms with Gasteiger partial charge < -0.3 is 10.7 Å². The zero-order valence-corrected chi connectivity index (χ0v) is 23.5. The lowest BCUT2D eigenvalue weighted by Gasteiger charge is -2.11. The molecule has 0 spiro atoms. The van der Waals surface area contributed by atoms with Crippen molar-refractivity contribution in [3.63, 3.8) is 0 Å². The van der Waals surface area contributed by atoms with E-state index >= 15 is 0 Å². The lowest BCUT2D eigenvalue weighted by Crippen LogP contribution is -2.02. The van der Waals surface area contributed by atoms with E-state index in [2.05, 4.69) is 83.4 Å². The first-order valence-electron chi connectivity index (χ1n) is 11.8. The van der Waals surface area contributed by atoms with E-state index in [9.17, 15) is 0 Å². The molecule has 0 unspecified atom stereocenters. The van der Waals surface area contributed by atoms with Gasteiger partial charge in [-0.25, -0.2) is 0 Å². The molecule has 184 valence electrons. The molecule has 0 bridgehead atoms. The minimum absolute atomic E-state index is 0.496. The van der Waals surface area contributed by atoms with Gasteiger partial charge in [0.15, 0.2) is 0 Å². The molecule has 0 atom stereocenters. The van der Waals surface area contributed by atoms with Gasteiger partial charge in [0.2, 0.25) is 0 Å². The number of aryl methyl sites for hydroxylation is 1. The first-order valence-corrected chi connectivity index (χ1v) is 11.8. The molecule has 0 aliphatic rings. The van der Waals surface area contributed by atoms with Crippen LogP contribution in [0.2, 0.25) is 0 Å². The molecule has 2 nitrogen and oxygen atoms in total. The van der Waals surface area contributed by atoms with E-state index in [1.54, 1.807) is 6.92 Å². The van der Waals surface area contributed by atoms with Crippen molar-refractivity contribution in [3.05, 3.63) is 95.0 Å². The molecule has 2 N–H and O–H groups in total. The summed E-state index contributed by atoms with van der Waals surface area (Å²) in [4.78, 5) is 0. The second kappa shape index (κ2) is 27.6. The molecule has 0 amide bonds. The third-order valence-electron chi connectivity index (χ3n) is 4.17. The Bertz CT molecular complexity index is 713. The van der Waals surface area contributed by atoms with Gasteiger partial charge >= 0.3 is 0 Å². The number of allylic oxidation sites excluding steroid dienone is 8. The highest BCUT2D eigenvalue weighted by molar-refractivity contribution is 6.25. The summed E-state index contributed by atoms with van der Waals surface area (Å²) in [6.45, 7) is 27.1. The van der Waals surface area contributed by atoms with Gasteiger partial charge in [-0.05, 0) is 71.3 Å². The molecule has 0 saturated carbocycles. The Morgan fingerprint density at radius 1 is 1.00 bits per heavy atom. The van der Waals surface area contributed by atoms with Crippen LogP contribution in [0, 0.1) is 5.41 Å². The van der Waals surface area contributed by atoms with Crippen LogP contribution in [0.15, 0.2) is 89.5 Å². The van der Waals surface area contributed by atoms with Crippen molar-refractivity contribution < 1.29 is 0 Å². The third kappa shape index (κ3) is 22.6. The van der Waals surface area contributed by atoms with Crippen molar-refractivity contribution in [2.24, 2.45) is 0 Å². The minimum atomic E-state index is 0.496. The summed E-state index contributed by atoms with van der Waals surface area (Å²) < 4.78 is 0. The van der Waals surface area contributed by atoms with E-state index in [1.807, 2.05) is 53.0 Å². The van der Waals surface area contributed by atoms with Crippen molar-refractivity contribution in [1.29, 1.82) is 5.41 Å². The SMILES string of the molecule is C=C.CC.CCNC.CCc1ccccc1.[B]/C(C)=C(C(C)=N)/C(/C=C\C)=C/C(C)=C(C)C. The Balaban J connectivity index is -0.000000216. The average Bonchev–Trinajstić information content (AvgIpc) is 2.82. The summed E-state index contributed by atoms with van der Waals surface area (Å²) >= 11 is 0. The van der Waals surface area contributed by atoms with Crippen LogP contribution in [0.25, 0.3) is 0 Å². The lowest BCUT2D eigenvalue weighted by molar-refractivity contribution is 0.864. The number of benzene rings is 1. The third-order valence-corrected chi connectivity index (χ3v) is 4.17. The van der Waals surface area contributed by atoms with Crippen molar-refractivity contribution in [3.8, 4) is 0 Å². The van der Waals surface area contributed by atoms with Crippen molar-refractivity contribution >= 4 is 13.6 Å². The fourth-order valence-electron chi connectivity index (χ4n) is 2.21. The molecular formula is C30H51BN2. The van der Waals surface area contributed by atoms with Crippen LogP contribution in [0.4, 0.5) is 0 Å². The largest absolute Gasteiger partial charge is 0.320 e. The molecule has 0 heterocycles. The van der Waals surface area contributed by atoms with E-state index in [0.29, 0.717) is 11.2 Å². The van der Waals surface area contributed by atoms with Crippen LogP contribution in [0.1, 0.15) is 74.8 Å². The number of hydrogen-bond donors (Lipinski definition) is 2. The summed E-state index contributed by atoms with van der Waals surface area (Å²) in [5.41, 5.74) is 6.89. The molecule has 0 aromatic heterocycles. The van der Waals surface area contributed by atoms with Crippen molar-refractivity contribution in [2.75, 3.05) is 13.6 Å². The van der Waals surface area contributed by atoms with E-state index < -0.39 is 0 Å². The molecule has 2 radical (unpaired) electrons. The average molecular weight is 451 g/mol. The molecule has 33 heavy (non-hydrogen) atoms. The summed E-state index contributed by atoms with van der Waals surface area (Å²) in [5, 5.41) is 10.7. The van der Waals surface area contributed by atoms with Crippen molar-refractivity contribution in [2.45, 2.75) is 75.7 Å². The first-order chi connectivity index (χ1) is 15.7. The Kier molecular flexibility index (Phi) is 31.8. The number of nitrogens with one attached hydrogen (secondary N) is 2. The second-order valence-corrected chi connectivity index (χ2v) is 7.01.